The van der Waals surface area contributed by atoms with Crippen molar-refractivity contribution in [2.24, 2.45) is 17.3 Å². The molecule has 1 aliphatic heterocycles. The minimum atomic E-state index is -0.475. The molecule has 2 aliphatic rings. The second-order valence-corrected chi connectivity index (χ2v) is 9.00. The van der Waals surface area contributed by atoms with E-state index in [-0.39, 0.29) is 41.2 Å². The Morgan fingerprint density at radius 1 is 1.19 bits per heavy atom. The summed E-state index contributed by atoms with van der Waals surface area (Å²) in [6, 6.07) is 1.04. The van der Waals surface area contributed by atoms with Gasteiger partial charge in [0.15, 0.2) is 0 Å². The molecule has 8 heteroatoms. The highest BCUT2D eigenvalue weighted by atomic mass is 16.2. The SMILES string of the molecule is CC(C)(C)CC(=O)N1C[C@H](NC(=O)Cc2cc(=O)[nH][nH]c2=O)[C@@H](C2CC2)C1. The highest BCUT2D eigenvalue weighted by molar-refractivity contribution is 5.80. The topological polar surface area (TPSA) is 115 Å². The fraction of sp³-hybridized carbons (Fsp3) is 0.684. The molecule has 2 amide bonds. The Morgan fingerprint density at radius 3 is 2.52 bits per heavy atom. The fourth-order valence-electron chi connectivity index (χ4n) is 3.77. The van der Waals surface area contributed by atoms with Crippen LogP contribution >= 0.6 is 0 Å². The van der Waals surface area contributed by atoms with Crippen molar-refractivity contribution >= 4 is 11.8 Å². The maximum absolute atomic E-state index is 12.6. The number of likely N-dealkylation sites (tertiary alicyclic amines) is 1. The predicted molar refractivity (Wildman–Crippen MR) is 100 cm³/mol. The molecule has 2 atom stereocenters. The smallest absolute Gasteiger partial charge is 0.266 e. The Bertz CT molecular complexity index is 831. The van der Waals surface area contributed by atoms with E-state index in [1.54, 1.807) is 0 Å². The van der Waals surface area contributed by atoms with Gasteiger partial charge < -0.3 is 10.2 Å². The summed E-state index contributed by atoms with van der Waals surface area (Å²) in [5.41, 5.74) is -0.864. The molecule has 1 aliphatic carbocycles. The lowest BCUT2D eigenvalue weighted by Gasteiger charge is -2.23. The maximum atomic E-state index is 12.6. The molecule has 1 saturated carbocycles. The van der Waals surface area contributed by atoms with E-state index in [2.05, 4.69) is 15.5 Å². The van der Waals surface area contributed by atoms with Crippen LogP contribution in [0, 0.1) is 17.3 Å². The number of H-pyrrole nitrogens is 2. The molecule has 1 saturated heterocycles. The summed E-state index contributed by atoms with van der Waals surface area (Å²) in [4.78, 5) is 50.0. The second kappa shape index (κ2) is 7.32. The van der Waals surface area contributed by atoms with Crippen molar-refractivity contribution in [3.8, 4) is 0 Å². The van der Waals surface area contributed by atoms with Crippen LogP contribution in [0.4, 0.5) is 0 Å². The van der Waals surface area contributed by atoms with Gasteiger partial charge >= 0.3 is 0 Å². The third-order valence-electron chi connectivity index (χ3n) is 5.22. The van der Waals surface area contributed by atoms with Crippen molar-refractivity contribution in [3.63, 3.8) is 0 Å². The van der Waals surface area contributed by atoms with Gasteiger partial charge in [-0.2, -0.15) is 0 Å². The van der Waals surface area contributed by atoms with E-state index in [1.165, 1.54) is 0 Å². The van der Waals surface area contributed by atoms with Crippen LogP contribution in [-0.2, 0) is 16.0 Å². The minimum Gasteiger partial charge on any atom is -0.351 e. The van der Waals surface area contributed by atoms with E-state index < -0.39 is 11.1 Å². The van der Waals surface area contributed by atoms with Gasteiger partial charge in [-0.15, -0.1) is 0 Å². The third kappa shape index (κ3) is 5.08. The Hall–Kier alpha value is -2.38. The summed E-state index contributed by atoms with van der Waals surface area (Å²) in [5.74, 6) is 0.629. The predicted octanol–water partition coefficient (Wildman–Crippen LogP) is 0.395. The zero-order valence-corrected chi connectivity index (χ0v) is 16.1. The molecule has 8 nitrogen and oxygen atoms in total. The summed E-state index contributed by atoms with van der Waals surface area (Å²) in [7, 11) is 0. The lowest BCUT2D eigenvalue weighted by molar-refractivity contribution is -0.132. The average Bonchev–Trinajstić information content (AvgIpc) is 3.30. The number of nitrogens with one attached hydrogen (secondary N) is 3. The number of hydrogen-bond acceptors (Lipinski definition) is 4. The van der Waals surface area contributed by atoms with Crippen LogP contribution in [0.5, 0.6) is 0 Å². The number of aromatic amines is 2. The van der Waals surface area contributed by atoms with Gasteiger partial charge in [0.05, 0.1) is 12.5 Å². The van der Waals surface area contributed by atoms with Crippen LogP contribution in [0.1, 0.15) is 45.6 Å². The van der Waals surface area contributed by atoms with Crippen LogP contribution in [0.25, 0.3) is 0 Å². The number of rotatable bonds is 5. The van der Waals surface area contributed by atoms with Crippen LogP contribution in [0.15, 0.2) is 15.7 Å². The lowest BCUT2D eigenvalue weighted by Crippen LogP contribution is -2.43. The van der Waals surface area contributed by atoms with Gasteiger partial charge in [0.2, 0.25) is 11.8 Å². The summed E-state index contributed by atoms with van der Waals surface area (Å²) in [6.45, 7) is 7.30. The zero-order chi connectivity index (χ0) is 19.8. The number of carbonyl (C=O) groups is 2. The van der Waals surface area contributed by atoms with Crippen molar-refractivity contribution in [1.29, 1.82) is 0 Å². The molecular weight excluding hydrogens is 348 g/mol. The molecule has 148 valence electrons. The van der Waals surface area contributed by atoms with Crippen molar-refractivity contribution in [2.75, 3.05) is 13.1 Å². The van der Waals surface area contributed by atoms with Crippen molar-refractivity contribution in [3.05, 3.63) is 32.3 Å². The number of carbonyl (C=O) groups excluding carboxylic acids is 2. The van der Waals surface area contributed by atoms with E-state index in [4.69, 9.17) is 0 Å². The lowest BCUT2D eigenvalue weighted by atomic mass is 9.91. The fourth-order valence-corrected chi connectivity index (χ4v) is 3.77. The quantitative estimate of drug-likeness (QED) is 0.690. The Labute approximate surface area is 157 Å². The van der Waals surface area contributed by atoms with E-state index in [9.17, 15) is 19.2 Å². The van der Waals surface area contributed by atoms with Gasteiger partial charge in [0, 0.05) is 37.1 Å². The first-order valence-corrected chi connectivity index (χ1v) is 9.50. The van der Waals surface area contributed by atoms with Crippen molar-refractivity contribution in [2.45, 2.75) is 52.5 Å². The minimum absolute atomic E-state index is 0.0745. The normalized spacial score (nSPS) is 22.7. The summed E-state index contributed by atoms with van der Waals surface area (Å²) < 4.78 is 0. The van der Waals surface area contributed by atoms with Gasteiger partial charge in [-0.1, -0.05) is 20.8 Å². The number of hydrogen-bond donors (Lipinski definition) is 3. The van der Waals surface area contributed by atoms with Crippen molar-refractivity contribution < 1.29 is 9.59 Å². The van der Waals surface area contributed by atoms with Crippen LogP contribution in [0.2, 0.25) is 0 Å². The Balaban J connectivity index is 1.64. The molecule has 0 spiro atoms. The molecule has 1 aromatic heterocycles. The van der Waals surface area contributed by atoms with Crippen LogP contribution < -0.4 is 16.4 Å². The standard InChI is InChI=1S/C19H28N4O4/c1-19(2,3)8-17(26)23-9-13(11-4-5-11)14(10-23)20-15(24)6-12-7-16(25)21-22-18(12)27/h7,11,13-14H,4-6,8-10H2,1-3H3,(H,20,24)(H,21,25)(H,22,27)/t13-,14+/m1/s1. The molecule has 0 radical (unpaired) electrons. The van der Waals surface area contributed by atoms with E-state index in [1.807, 2.05) is 25.7 Å². The summed E-state index contributed by atoms with van der Waals surface area (Å²) in [6.07, 6.45) is 2.59. The Kier molecular flexibility index (Phi) is 5.26. The molecule has 1 aromatic rings. The van der Waals surface area contributed by atoms with E-state index in [0.29, 0.717) is 25.4 Å². The monoisotopic (exact) mass is 376 g/mol. The third-order valence-corrected chi connectivity index (χ3v) is 5.22. The Morgan fingerprint density at radius 2 is 1.89 bits per heavy atom. The average molecular weight is 376 g/mol. The highest BCUT2D eigenvalue weighted by Crippen LogP contribution is 2.41. The van der Waals surface area contributed by atoms with Gasteiger partial charge in [-0.3, -0.25) is 29.4 Å². The number of amides is 2. The molecule has 3 rings (SSSR count). The van der Waals surface area contributed by atoms with E-state index >= 15 is 0 Å². The highest BCUT2D eigenvalue weighted by Gasteiger charge is 2.44. The molecule has 27 heavy (non-hydrogen) atoms. The van der Waals surface area contributed by atoms with Crippen LogP contribution in [-0.4, -0.2) is 46.0 Å². The summed E-state index contributed by atoms with van der Waals surface area (Å²) >= 11 is 0. The van der Waals surface area contributed by atoms with Crippen LogP contribution in [0.3, 0.4) is 0 Å². The van der Waals surface area contributed by atoms with E-state index in [0.717, 1.165) is 18.9 Å². The first-order chi connectivity index (χ1) is 12.6. The zero-order valence-electron chi connectivity index (χ0n) is 16.1. The molecular formula is C19H28N4O4. The number of aromatic nitrogens is 2. The molecule has 0 bridgehead atoms. The largest absolute Gasteiger partial charge is 0.351 e. The summed E-state index contributed by atoms with van der Waals surface area (Å²) in [5, 5.41) is 7.40. The molecule has 2 fully saturated rings. The van der Waals surface area contributed by atoms with Gasteiger partial charge in [-0.05, 0) is 24.2 Å². The number of nitrogens with zero attached hydrogens (tertiary/aromatic N) is 1. The maximum Gasteiger partial charge on any atom is 0.266 e. The van der Waals surface area contributed by atoms with Gasteiger partial charge in [-0.25, -0.2) is 0 Å². The van der Waals surface area contributed by atoms with Crippen molar-refractivity contribution in [1.82, 2.24) is 20.4 Å². The second-order valence-electron chi connectivity index (χ2n) is 9.00. The molecule has 3 N–H and O–H groups in total. The molecule has 0 aromatic carbocycles. The molecule has 2 heterocycles. The van der Waals surface area contributed by atoms with Gasteiger partial charge in [0.1, 0.15) is 0 Å². The first-order valence-electron chi connectivity index (χ1n) is 9.50. The first kappa shape index (κ1) is 19.4. The molecule has 0 unspecified atom stereocenters. The van der Waals surface area contributed by atoms with Gasteiger partial charge in [0.25, 0.3) is 11.1 Å².